The van der Waals surface area contributed by atoms with Crippen LogP contribution in [0.5, 0.6) is 11.5 Å². The van der Waals surface area contributed by atoms with Crippen LogP contribution in [-0.2, 0) is 6.54 Å². The first-order valence-electron chi connectivity index (χ1n) is 7.70. The number of ether oxygens (including phenoxy) is 2. The average molecular weight is 322 g/mol. The molecule has 4 heteroatoms. The van der Waals surface area contributed by atoms with Crippen molar-refractivity contribution in [3.05, 3.63) is 66.5 Å². The summed E-state index contributed by atoms with van der Waals surface area (Å²) in [6.45, 7) is 5.93. The number of hydrogen-bond acceptors (Lipinski definition) is 4. The number of aromatic nitrogens is 1. The van der Waals surface area contributed by atoms with Crippen molar-refractivity contribution in [1.29, 1.82) is 0 Å². The van der Waals surface area contributed by atoms with E-state index in [2.05, 4.69) is 28.3 Å². The Balaban J connectivity index is 2.08. The summed E-state index contributed by atoms with van der Waals surface area (Å²) in [5.41, 5.74) is 2.00. The average Bonchev–Trinajstić information content (AvgIpc) is 2.63. The van der Waals surface area contributed by atoms with E-state index in [0.717, 1.165) is 35.7 Å². The maximum absolute atomic E-state index is 5.46. The van der Waals surface area contributed by atoms with Crippen LogP contribution in [0, 0.1) is 11.8 Å². The molecule has 0 aliphatic carbocycles. The van der Waals surface area contributed by atoms with Gasteiger partial charge in [0.2, 0.25) is 0 Å². The number of methoxy groups -OCH3 is 2. The standard InChI is InChI=1S/C20H22N2O2/c1-4-12-22(13-6-8-17-7-5-11-21-15-17)16-18-9-10-19(23-2)14-20(18)24-3/h4-5,7,9-11,14-15H,1,12-13,16H2,2-3H3. The van der Waals surface area contributed by atoms with Gasteiger partial charge >= 0.3 is 0 Å². The molecule has 4 nitrogen and oxygen atoms in total. The Kier molecular flexibility index (Phi) is 6.88. The van der Waals surface area contributed by atoms with Crippen LogP contribution in [-0.4, -0.2) is 37.2 Å². The van der Waals surface area contributed by atoms with Crippen molar-refractivity contribution in [3.8, 4) is 23.3 Å². The van der Waals surface area contributed by atoms with Gasteiger partial charge in [0.05, 0.1) is 20.8 Å². The zero-order valence-electron chi connectivity index (χ0n) is 14.2. The van der Waals surface area contributed by atoms with Crippen molar-refractivity contribution in [2.24, 2.45) is 0 Å². The first kappa shape index (κ1) is 17.6. The van der Waals surface area contributed by atoms with E-state index < -0.39 is 0 Å². The van der Waals surface area contributed by atoms with Crippen LogP contribution in [0.3, 0.4) is 0 Å². The Morgan fingerprint density at radius 3 is 2.79 bits per heavy atom. The van der Waals surface area contributed by atoms with Gasteiger partial charge < -0.3 is 9.47 Å². The fraction of sp³-hybridized carbons (Fsp3) is 0.250. The predicted octanol–water partition coefficient (Wildman–Crippen LogP) is 3.14. The highest BCUT2D eigenvalue weighted by Gasteiger charge is 2.09. The molecular formula is C20H22N2O2. The smallest absolute Gasteiger partial charge is 0.127 e. The third-order valence-corrected chi connectivity index (χ3v) is 3.47. The zero-order chi connectivity index (χ0) is 17.2. The van der Waals surface area contributed by atoms with Crippen molar-refractivity contribution in [3.63, 3.8) is 0 Å². The molecule has 1 heterocycles. The lowest BCUT2D eigenvalue weighted by Crippen LogP contribution is -2.24. The number of nitrogens with zero attached hydrogens (tertiary/aromatic N) is 2. The highest BCUT2D eigenvalue weighted by molar-refractivity contribution is 5.40. The monoisotopic (exact) mass is 322 g/mol. The van der Waals surface area contributed by atoms with Crippen LogP contribution in [0.15, 0.2) is 55.4 Å². The molecule has 2 rings (SSSR count). The molecule has 0 amide bonds. The Labute approximate surface area is 143 Å². The summed E-state index contributed by atoms with van der Waals surface area (Å²) in [5, 5.41) is 0. The third-order valence-electron chi connectivity index (χ3n) is 3.47. The molecule has 24 heavy (non-hydrogen) atoms. The molecule has 2 aromatic rings. The summed E-state index contributed by atoms with van der Waals surface area (Å²) >= 11 is 0. The molecule has 1 aromatic heterocycles. The van der Waals surface area contributed by atoms with E-state index in [0.29, 0.717) is 6.54 Å². The van der Waals surface area contributed by atoms with Gasteiger partial charge in [-0.3, -0.25) is 9.88 Å². The second-order valence-corrected chi connectivity index (χ2v) is 5.18. The molecule has 0 aliphatic rings. The number of benzene rings is 1. The van der Waals surface area contributed by atoms with Crippen molar-refractivity contribution >= 4 is 0 Å². The maximum Gasteiger partial charge on any atom is 0.127 e. The lowest BCUT2D eigenvalue weighted by atomic mass is 10.1. The van der Waals surface area contributed by atoms with Crippen LogP contribution in [0.4, 0.5) is 0 Å². The molecule has 0 fully saturated rings. The molecule has 0 N–H and O–H groups in total. The highest BCUT2D eigenvalue weighted by Crippen LogP contribution is 2.25. The minimum Gasteiger partial charge on any atom is -0.497 e. The van der Waals surface area contributed by atoms with Crippen LogP contribution in [0.25, 0.3) is 0 Å². The van der Waals surface area contributed by atoms with Gasteiger partial charge in [-0.1, -0.05) is 24.0 Å². The molecule has 124 valence electrons. The second kappa shape index (κ2) is 9.39. The largest absolute Gasteiger partial charge is 0.497 e. The molecule has 1 aromatic carbocycles. The number of rotatable bonds is 7. The van der Waals surface area contributed by atoms with Crippen molar-refractivity contribution < 1.29 is 9.47 Å². The minimum atomic E-state index is 0.635. The molecule has 0 aliphatic heterocycles. The summed E-state index contributed by atoms with van der Waals surface area (Å²) in [6.07, 6.45) is 5.38. The van der Waals surface area contributed by atoms with Gasteiger partial charge in [-0.15, -0.1) is 6.58 Å². The fourth-order valence-corrected chi connectivity index (χ4v) is 2.28. The highest BCUT2D eigenvalue weighted by atomic mass is 16.5. The van der Waals surface area contributed by atoms with Crippen molar-refractivity contribution in [1.82, 2.24) is 9.88 Å². The lowest BCUT2D eigenvalue weighted by Gasteiger charge is -2.19. The molecule has 0 saturated carbocycles. The Morgan fingerprint density at radius 2 is 2.12 bits per heavy atom. The molecule has 0 atom stereocenters. The van der Waals surface area contributed by atoms with Gasteiger partial charge in [0, 0.05) is 42.7 Å². The van der Waals surface area contributed by atoms with Gasteiger partial charge in [0.1, 0.15) is 11.5 Å². The van der Waals surface area contributed by atoms with Crippen molar-refractivity contribution in [2.45, 2.75) is 6.54 Å². The van der Waals surface area contributed by atoms with E-state index in [1.54, 1.807) is 26.6 Å². The summed E-state index contributed by atoms with van der Waals surface area (Å²) in [7, 11) is 3.31. The maximum atomic E-state index is 5.46. The van der Waals surface area contributed by atoms with Crippen LogP contribution in [0.2, 0.25) is 0 Å². The molecule has 0 radical (unpaired) electrons. The number of pyridine rings is 1. The summed E-state index contributed by atoms with van der Waals surface area (Å²) in [5.74, 6) is 7.90. The van der Waals surface area contributed by atoms with Gasteiger partial charge in [0.15, 0.2) is 0 Å². The van der Waals surface area contributed by atoms with E-state index in [9.17, 15) is 0 Å². The quantitative estimate of drug-likeness (QED) is 0.579. The van der Waals surface area contributed by atoms with E-state index in [1.165, 1.54) is 0 Å². The first-order valence-corrected chi connectivity index (χ1v) is 7.70. The summed E-state index contributed by atoms with van der Waals surface area (Å²) in [6, 6.07) is 9.67. The Morgan fingerprint density at radius 1 is 1.25 bits per heavy atom. The Bertz CT molecular complexity index is 717. The van der Waals surface area contributed by atoms with E-state index in [4.69, 9.17) is 9.47 Å². The summed E-state index contributed by atoms with van der Waals surface area (Å²) < 4.78 is 10.7. The lowest BCUT2D eigenvalue weighted by molar-refractivity contribution is 0.320. The van der Waals surface area contributed by atoms with E-state index in [1.807, 2.05) is 36.4 Å². The van der Waals surface area contributed by atoms with Crippen LogP contribution >= 0.6 is 0 Å². The first-order chi connectivity index (χ1) is 11.8. The molecule has 0 saturated heterocycles. The molecular weight excluding hydrogens is 300 g/mol. The third kappa shape index (κ3) is 5.15. The molecule has 0 unspecified atom stereocenters. The van der Waals surface area contributed by atoms with Gasteiger partial charge in [-0.2, -0.15) is 0 Å². The Hall–Kier alpha value is -2.77. The molecule has 0 bridgehead atoms. The van der Waals surface area contributed by atoms with Gasteiger partial charge in [0.25, 0.3) is 0 Å². The van der Waals surface area contributed by atoms with E-state index >= 15 is 0 Å². The minimum absolute atomic E-state index is 0.635. The van der Waals surface area contributed by atoms with Crippen LogP contribution in [0.1, 0.15) is 11.1 Å². The predicted molar refractivity (Wildman–Crippen MR) is 96.1 cm³/mol. The number of hydrogen-bond donors (Lipinski definition) is 0. The topological polar surface area (TPSA) is 34.6 Å². The molecule has 0 spiro atoms. The SMILES string of the molecule is C=CCN(CC#Cc1cccnc1)Cc1ccc(OC)cc1OC. The van der Waals surface area contributed by atoms with Crippen LogP contribution < -0.4 is 9.47 Å². The normalized spacial score (nSPS) is 9.96. The van der Waals surface area contributed by atoms with E-state index in [-0.39, 0.29) is 0 Å². The van der Waals surface area contributed by atoms with Gasteiger partial charge in [-0.05, 0) is 18.2 Å². The zero-order valence-corrected chi connectivity index (χ0v) is 14.2. The van der Waals surface area contributed by atoms with Gasteiger partial charge in [-0.25, -0.2) is 0 Å². The van der Waals surface area contributed by atoms with Crippen molar-refractivity contribution in [2.75, 3.05) is 27.3 Å². The summed E-state index contributed by atoms with van der Waals surface area (Å²) in [4.78, 5) is 6.26. The fourth-order valence-electron chi connectivity index (χ4n) is 2.28. The second-order valence-electron chi connectivity index (χ2n) is 5.18.